The molecule has 210 valence electrons. The molecule has 0 radical (unpaired) electrons. The number of carbonyl (C=O) groups is 1. The average molecular weight is 543 g/mol. The lowest BCUT2D eigenvalue weighted by atomic mass is 9.76. The fraction of sp³-hybridized carbons (Fsp3) is 0.368. The molecule has 41 heavy (non-hydrogen) atoms. The highest BCUT2D eigenvalue weighted by Crippen LogP contribution is 2.43. The molecule has 0 aliphatic heterocycles. The lowest BCUT2D eigenvalue weighted by Crippen LogP contribution is -2.39. The highest BCUT2D eigenvalue weighted by atomic mass is 16.1. The van der Waals surface area contributed by atoms with Crippen molar-refractivity contribution in [2.24, 2.45) is 11.8 Å². The Hall–Kier alpha value is -3.72. The van der Waals surface area contributed by atoms with Gasteiger partial charge in [-0.05, 0) is 54.2 Å². The van der Waals surface area contributed by atoms with Crippen LogP contribution in [0.2, 0.25) is 0 Å². The van der Waals surface area contributed by atoms with E-state index in [1.165, 1.54) is 51.4 Å². The summed E-state index contributed by atoms with van der Waals surface area (Å²) in [7, 11) is 0. The highest BCUT2D eigenvalue weighted by molar-refractivity contribution is 6.08. The van der Waals surface area contributed by atoms with Gasteiger partial charge < -0.3 is 4.57 Å². The molecule has 6 rings (SSSR count). The van der Waals surface area contributed by atoms with Gasteiger partial charge in [0.2, 0.25) is 5.78 Å². The summed E-state index contributed by atoms with van der Waals surface area (Å²) in [5, 5.41) is 0. The van der Waals surface area contributed by atoms with Crippen LogP contribution in [0.4, 0.5) is 0 Å². The van der Waals surface area contributed by atoms with Gasteiger partial charge in [-0.25, -0.2) is 4.98 Å². The zero-order valence-electron chi connectivity index (χ0n) is 24.1. The second kappa shape index (κ2) is 12.9. The second-order valence-corrected chi connectivity index (χ2v) is 12.0. The molecule has 2 saturated carbocycles. The molecule has 3 nitrogen and oxygen atoms in total. The fourth-order valence-corrected chi connectivity index (χ4v) is 6.98. The zero-order valence-corrected chi connectivity index (χ0v) is 24.1. The molecule has 0 unspecified atom stereocenters. The van der Waals surface area contributed by atoms with Crippen molar-refractivity contribution < 1.29 is 4.79 Å². The first kappa shape index (κ1) is 27.4. The molecule has 4 aromatic rings. The van der Waals surface area contributed by atoms with Crippen LogP contribution in [0, 0.1) is 11.8 Å². The van der Waals surface area contributed by atoms with Gasteiger partial charge in [0.1, 0.15) is 11.2 Å². The highest BCUT2D eigenvalue weighted by Gasteiger charge is 2.41. The number of imidazole rings is 1. The monoisotopic (exact) mass is 542 g/mol. The van der Waals surface area contributed by atoms with Gasteiger partial charge in [-0.1, -0.05) is 142 Å². The number of benzene rings is 3. The molecule has 0 bridgehead atoms. The normalized spacial score (nSPS) is 16.5. The molecular formula is C38H42N2O. The van der Waals surface area contributed by atoms with Crippen LogP contribution in [0.15, 0.2) is 115 Å². The van der Waals surface area contributed by atoms with Crippen molar-refractivity contribution in [1.29, 1.82) is 0 Å². The number of hydrogen-bond donors (Lipinski definition) is 0. The molecule has 0 saturated heterocycles. The number of rotatable bonds is 12. The molecule has 2 aliphatic rings. The van der Waals surface area contributed by atoms with Gasteiger partial charge in [0.15, 0.2) is 0 Å². The summed E-state index contributed by atoms with van der Waals surface area (Å²) < 4.78 is 2.13. The van der Waals surface area contributed by atoms with E-state index in [0.29, 0.717) is 11.6 Å². The van der Waals surface area contributed by atoms with E-state index >= 15 is 0 Å². The Morgan fingerprint density at radius 1 is 0.756 bits per heavy atom. The summed E-state index contributed by atoms with van der Waals surface area (Å²) in [4.78, 5) is 19.1. The summed E-state index contributed by atoms with van der Waals surface area (Å²) in [6.45, 7) is 0. The Balaban J connectivity index is 1.36. The molecule has 2 fully saturated rings. The summed E-state index contributed by atoms with van der Waals surface area (Å²) >= 11 is 0. The number of Topliss-reactive ketones (excluding diaryl/α,β-unsaturated/α-hetero) is 1. The lowest BCUT2D eigenvalue weighted by molar-refractivity contribution is 0.101. The second-order valence-electron chi connectivity index (χ2n) is 12.0. The van der Waals surface area contributed by atoms with Crippen LogP contribution >= 0.6 is 0 Å². The number of carbonyl (C=O) groups excluding carboxylic acids is 1. The van der Waals surface area contributed by atoms with E-state index in [-0.39, 0.29) is 5.78 Å². The molecule has 1 aromatic heterocycles. The third kappa shape index (κ3) is 5.86. The lowest BCUT2D eigenvalue weighted by Gasteiger charge is -2.38. The van der Waals surface area contributed by atoms with Crippen LogP contribution in [0.1, 0.15) is 97.8 Å². The fourth-order valence-electron chi connectivity index (χ4n) is 6.98. The van der Waals surface area contributed by atoms with E-state index in [9.17, 15) is 4.79 Å². The maximum atomic E-state index is 14.4. The molecular weight excluding hydrogens is 500 g/mol. The molecule has 0 atom stereocenters. The SMILES string of the molecule is O=C(C(=CCCCCC1CCCCC1)C1CC1)c1cncn1C(c1ccccc1)(c1ccccc1)c1ccccc1. The Morgan fingerprint density at radius 3 is 1.85 bits per heavy atom. The number of ketones is 1. The number of nitrogens with zero attached hydrogens (tertiary/aromatic N) is 2. The minimum absolute atomic E-state index is 0.129. The Morgan fingerprint density at radius 2 is 1.32 bits per heavy atom. The van der Waals surface area contributed by atoms with Gasteiger partial charge in [-0.2, -0.15) is 0 Å². The van der Waals surface area contributed by atoms with Gasteiger partial charge in [-0.15, -0.1) is 0 Å². The first-order chi connectivity index (χ1) is 20.3. The van der Waals surface area contributed by atoms with Crippen molar-refractivity contribution in [2.75, 3.05) is 0 Å². The smallest absolute Gasteiger partial charge is 0.207 e. The first-order valence-electron chi connectivity index (χ1n) is 15.7. The van der Waals surface area contributed by atoms with E-state index in [0.717, 1.165) is 47.4 Å². The van der Waals surface area contributed by atoms with Crippen LogP contribution < -0.4 is 0 Å². The van der Waals surface area contributed by atoms with Gasteiger partial charge >= 0.3 is 0 Å². The van der Waals surface area contributed by atoms with Crippen molar-refractivity contribution in [1.82, 2.24) is 9.55 Å². The summed E-state index contributed by atoms with van der Waals surface area (Å²) in [6, 6.07) is 31.6. The van der Waals surface area contributed by atoms with Gasteiger partial charge in [0.05, 0.1) is 12.5 Å². The van der Waals surface area contributed by atoms with Crippen molar-refractivity contribution in [3.05, 3.63) is 138 Å². The molecule has 1 heterocycles. The Labute approximate surface area is 245 Å². The largest absolute Gasteiger partial charge is 0.309 e. The Kier molecular flexibility index (Phi) is 8.60. The van der Waals surface area contributed by atoms with Crippen LogP contribution in [0.25, 0.3) is 0 Å². The first-order valence-corrected chi connectivity index (χ1v) is 15.7. The van der Waals surface area contributed by atoms with E-state index in [2.05, 4.69) is 88.4 Å². The van der Waals surface area contributed by atoms with E-state index < -0.39 is 5.54 Å². The minimum atomic E-state index is -0.736. The molecule has 3 heteroatoms. The van der Waals surface area contributed by atoms with Gasteiger partial charge in [0, 0.05) is 5.57 Å². The van der Waals surface area contributed by atoms with Crippen molar-refractivity contribution >= 4 is 5.78 Å². The van der Waals surface area contributed by atoms with Crippen LogP contribution in [0.5, 0.6) is 0 Å². The summed E-state index contributed by atoms with van der Waals surface area (Å²) in [5.41, 5.74) is 4.21. The van der Waals surface area contributed by atoms with E-state index in [1.807, 2.05) is 24.5 Å². The zero-order chi connectivity index (χ0) is 27.9. The standard InChI is InChI=1S/C38H42N2O/c41-37(35(31-26-27-31)25-15-2-8-18-30-16-6-1-7-17-30)36-28-39-29-40(36)38(32-19-9-3-10-20-32,33-21-11-4-12-22-33)34-23-13-5-14-24-34/h3-5,9-14,19-25,28-31H,1-2,6-8,15-18,26-27H2. The van der Waals surface area contributed by atoms with Gasteiger partial charge in [-0.3, -0.25) is 4.79 Å². The summed E-state index contributed by atoms with van der Waals surface area (Å²) in [6.07, 6.45) is 20.0. The average Bonchev–Trinajstić information content (AvgIpc) is 3.76. The number of hydrogen-bond acceptors (Lipinski definition) is 2. The summed E-state index contributed by atoms with van der Waals surface area (Å²) in [5.74, 6) is 1.43. The third-order valence-corrected chi connectivity index (χ3v) is 9.24. The van der Waals surface area contributed by atoms with Crippen LogP contribution in [-0.4, -0.2) is 15.3 Å². The van der Waals surface area contributed by atoms with E-state index in [4.69, 9.17) is 0 Å². The van der Waals surface area contributed by atoms with Crippen LogP contribution in [-0.2, 0) is 5.54 Å². The van der Waals surface area contributed by atoms with E-state index in [1.54, 1.807) is 6.20 Å². The quantitative estimate of drug-likeness (QED) is 0.0773. The van der Waals surface area contributed by atoms with Crippen molar-refractivity contribution in [2.45, 2.75) is 76.2 Å². The minimum Gasteiger partial charge on any atom is -0.309 e. The molecule has 0 spiro atoms. The Bertz CT molecular complexity index is 1330. The molecule has 0 amide bonds. The van der Waals surface area contributed by atoms with Gasteiger partial charge in [0.25, 0.3) is 0 Å². The van der Waals surface area contributed by atoms with Crippen LogP contribution in [0.3, 0.4) is 0 Å². The topological polar surface area (TPSA) is 34.9 Å². The molecule has 0 N–H and O–H groups in total. The van der Waals surface area contributed by atoms with Crippen molar-refractivity contribution in [3.8, 4) is 0 Å². The van der Waals surface area contributed by atoms with Crippen molar-refractivity contribution in [3.63, 3.8) is 0 Å². The predicted octanol–water partition coefficient (Wildman–Crippen LogP) is 9.38. The maximum Gasteiger partial charge on any atom is 0.207 e. The number of allylic oxidation sites excluding steroid dienone is 2. The maximum absolute atomic E-state index is 14.4. The number of unbranched alkanes of at least 4 members (excludes halogenated alkanes) is 2. The number of aromatic nitrogens is 2. The molecule has 2 aliphatic carbocycles. The predicted molar refractivity (Wildman–Crippen MR) is 167 cm³/mol. The third-order valence-electron chi connectivity index (χ3n) is 9.24. The molecule has 3 aromatic carbocycles.